The number of carbonyl (C=O) groups excluding carboxylic acids is 4. The molecule has 1 heterocycles. The highest BCUT2D eigenvalue weighted by Gasteiger charge is 2.43. The van der Waals surface area contributed by atoms with Gasteiger partial charge in [-0.05, 0) is 18.1 Å². The van der Waals surface area contributed by atoms with Crippen molar-refractivity contribution in [2.24, 2.45) is 0 Å². The maximum Gasteiger partial charge on any atom is 0.526 e. The summed E-state index contributed by atoms with van der Waals surface area (Å²) in [5, 5.41) is 10.2. The number of esters is 3. The van der Waals surface area contributed by atoms with Gasteiger partial charge in [0.15, 0.2) is 0 Å². The van der Waals surface area contributed by atoms with E-state index in [1.165, 1.54) is 26.2 Å². The van der Waals surface area contributed by atoms with E-state index in [1.54, 1.807) is 6.07 Å². The largest absolute Gasteiger partial charge is 0.535 e. The van der Waals surface area contributed by atoms with Crippen LogP contribution in [0.4, 0.5) is 8.78 Å². The maximum absolute atomic E-state index is 13.6. The Morgan fingerprint density at radius 1 is 1.19 bits per heavy atom. The van der Waals surface area contributed by atoms with Crippen LogP contribution in [0.15, 0.2) is 18.2 Å². The van der Waals surface area contributed by atoms with E-state index in [4.69, 9.17) is 14.1 Å². The number of ketones is 1. The fourth-order valence-electron chi connectivity index (χ4n) is 3.01. The minimum Gasteiger partial charge on any atom is -0.535 e. The van der Waals surface area contributed by atoms with Gasteiger partial charge in [-0.15, -0.1) is 0 Å². The lowest BCUT2D eigenvalue weighted by Gasteiger charge is -2.29. The van der Waals surface area contributed by atoms with Gasteiger partial charge >= 0.3 is 30.9 Å². The summed E-state index contributed by atoms with van der Waals surface area (Å²) in [5.74, 6) is -7.98. The standard InChI is InChI=1S/C20H23BF2O9/c1-3-20(22,23)15(24)10-13-9-12-5-4-6-14(18(12)32-21(13)28)19(27)31-11-30-17(26)8-7-16(25)29-2/h4-6,13,28H,3,7-11H2,1-2H3/t13-/m1/s1. The summed E-state index contributed by atoms with van der Waals surface area (Å²) in [4.78, 5) is 46.7. The summed E-state index contributed by atoms with van der Waals surface area (Å²) in [6, 6.07) is 4.42. The van der Waals surface area contributed by atoms with Crippen LogP contribution in [0.5, 0.6) is 5.75 Å². The van der Waals surface area contributed by atoms with E-state index in [2.05, 4.69) is 4.74 Å². The fourth-order valence-corrected chi connectivity index (χ4v) is 3.01. The van der Waals surface area contributed by atoms with E-state index in [9.17, 15) is 33.0 Å². The number of hydrogen-bond acceptors (Lipinski definition) is 9. The fraction of sp³-hybridized carbons (Fsp3) is 0.500. The lowest BCUT2D eigenvalue weighted by molar-refractivity contribution is -0.155. The molecule has 1 aliphatic heterocycles. The molecule has 1 atom stereocenters. The number of methoxy groups -OCH3 is 1. The predicted molar refractivity (Wildman–Crippen MR) is 105 cm³/mol. The topological polar surface area (TPSA) is 125 Å². The van der Waals surface area contributed by atoms with Crippen LogP contribution in [-0.2, 0) is 35.0 Å². The number of carbonyl (C=O) groups is 4. The van der Waals surface area contributed by atoms with Crippen molar-refractivity contribution in [1.29, 1.82) is 0 Å². The third kappa shape index (κ3) is 6.49. The van der Waals surface area contributed by atoms with Crippen molar-refractivity contribution >= 4 is 30.8 Å². The number of hydrogen-bond donors (Lipinski definition) is 1. The third-order valence-electron chi connectivity index (χ3n) is 4.91. The zero-order valence-electron chi connectivity index (χ0n) is 17.6. The zero-order valence-corrected chi connectivity index (χ0v) is 17.6. The number of Topliss-reactive ketones (excluding diaryl/α,β-unsaturated/α-hetero) is 1. The summed E-state index contributed by atoms with van der Waals surface area (Å²) >= 11 is 0. The van der Waals surface area contributed by atoms with Crippen molar-refractivity contribution in [2.75, 3.05) is 13.9 Å². The highest BCUT2D eigenvalue weighted by Crippen LogP contribution is 2.38. The molecule has 0 radical (unpaired) electrons. The molecule has 0 bridgehead atoms. The van der Waals surface area contributed by atoms with Gasteiger partial charge in [-0.1, -0.05) is 19.1 Å². The lowest BCUT2D eigenvalue weighted by atomic mass is 9.64. The summed E-state index contributed by atoms with van der Waals surface area (Å²) in [6.07, 6.45) is -1.63. The lowest BCUT2D eigenvalue weighted by Crippen LogP contribution is -2.38. The van der Waals surface area contributed by atoms with Gasteiger partial charge < -0.3 is 23.9 Å². The SMILES string of the molecule is CCC(F)(F)C(=O)C[C@H]1Cc2cccc(C(=O)OCOC(=O)CCC(=O)OC)c2OB1O. The van der Waals surface area contributed by atoms with Gasteiger partial charge in [0.1, 0.15) is 11.3 Å². The summed E-state index contributed by atoms with van der Waals surface area (Å²) in [7, 11) is -0.403. The van der Waals surface area contributed by atoms with Crippen molar-refractivity contribution in [1.82, 2.24) is 0 Å². The van der Waals surface area contributed by atoms with Crippen LogP contribution in [0.1, 0.15) is 48.5 Å². The highest BCUT2D eigenvalue weighted by atomic mass is 19.3. The Kier molecular flexibility index (Phi) is 8.70. The molecular formula is C20H23BF2O9. The first-order valence-corrected chi connectivity index (χ1v) is 9.86. The second-order valence-corrected chi connectivity index (χ2v) is 7.09. The average molecular weight is 456 g/mol. The number of ether oxygens (including phenoxy) is 3. The molecule has 2 rings (SSSR count). The Labute approximate surface area is 183 Å². The van der Waals surface area contributed by atoms with E-state index in [-0.39, 0.29) is 30.6 Å². The van der Waals surface area contributed by atoms with Crippen molar-refractivity contribution in [3.63, 3.8) is 0 Å². The second kappa shape index (κ2) is 11.0. The first kappa shape index (κ1) is 25.2. The Morgan fingerprint density at radius 2 is 1.88 bits per heavy atom. The van der Waals surface area contributed by atoms with Gasteiger partial charge in [-0.2, -0.15) is 8.78 Å². The zero-order chi connectivity index (χ0) is 23.9. The van der Waals surface area contributed by atoms with Gasteiger partial charge in [0.2, 0.25) is 12.6 Å². The Balaban J connectivity index is 1.98. The molecule has 0 saturated heterocycles. The number of benzene rings is 1. The molecule has 174 valence electrons. The molecule has 1 N–H and O–H groups in total. The average Bonchev–Trinajstić information content (AvgIpc) is 2.77. The first-order chi connectivity index (χ1) is 15.1. The third-order valence-corrected chi connectivity index (χ3v) is 4.91. The smallest absolute Gasteiger partial charge is 0.526 e. The second-order valence-electron chi connectivity index (χ2n) is 7.09. The van der Waals surface area contributed by atoms with Gasteiger partial charge in [-0.3, -0.25) is 14.4 Å². The van der Waals surface area contributed by atoms with Crippen LogP contribution in [0.25, 0.3) is 0 Å². The van der Waals surface area contributed by atoms with Crippen LogP contribution in [-0.4, -0.2) is 55.7 Å². The summed E-state index contributed by atoms with van der Waals surface area (Å²) in [6.45, 7) is 0.476. The van der Waals surface area contributed by atoms with Crippen LogP contribution >= 0.6 is 0 Å². The van der Waals surface area contributed by atoms with Crippen molar-refractivity contribution in [2.45, 2.75) is 50.8 Å². The molecule has 0 unspecified atom stereocenters. The normalized spacial score (nSPS) is 15.3. The molecule has 0 saturated carbocycles. The van der Waals surface area contributed by atoms with E-state index in [0.717, 1.165) is 0 Å². The minimum absolute atomic E-state index is 0.00651. The van der Waals surface area contributed by atoms with Gasteiger partial charge in [-0.25, -0.2) is 4.79 Å². The molecule has 0 spiro atoms. The van der Waals surface area contributed by atoms with E-state index < -0.39 is 62.2 Å². The minimum atomic E-state index is -3.49. The van der Waals surface area contributed by atoms with Crippen LogP contribution < -0.4 is 4.65 Å². The van der Waals surface area contributed by atoms with Crippen LogP contribution in [0, 0.1) is 0 Å². The van der Waals surface area contributed by atoms with Gasteiger partial charge in [0, 0.05) is 18.7 Å². The summed E-state index contributed by atoms with van der Waals surface area (Å²) in [5.41, 5.74) is 0.355. The molecule has 0 aromatic heterocycles. The molecule has 1 aliphatic rings. The van der Waals surface area contributed by atoms with Crippen molar-refractivity contribution in [3.05, 3.63) is 29.3 Å². The van der Waals surface area contributed by atoms with Crippen molar-refractivity contribution < 1.29 is 51.8 Å². The molecule has 0 amide bonds. The monoisotopic (exact) mass is 456 g/mol. The molecule has 9 nitrogen and oxygen atoms in total. The number of para-hydroxylation sites is 1. The molecule has 0 fully saturated rings. The number of fused-ring (bicyclic) bond motifs is 1. The quantitative estimate of drug-likeness (QED) is 0.320. The van der Waals surface area contributed by atoms with E-state index >= 15 is 0 Å². The molecule has 1 aromatic carbocycles. The van der Waals surface area contributed by atoms with Gasteiger partial charge in [0.05, 0.1) is 20.0 Å². The highest BCUT2D eigenvalue weighted by molar-refractivity contribution is 6.47. The molecule has 1 aromatic rings. The van der Waals surface area contributed by atoms with Crippen molar-refractivity contribution in [3.8, 4) is 5.75 Å². The van der Waals surface area contributed by atoms with E-state index in [1.807, 2.05) is 0 Å². The van der Waals surface area contributed by atoms with Gasteiger partial charge in [0.25, 0.3) is 0 Å². The first-order valence-electron chi connectivity index (χ1n) is 9.86. The molecular weight excluding hydrogens is 433 g/mol. The summed E-state index contributed by atoms with van der Waals surface area (Å²) < 4.78 is 46.5. The number of rotatable bonds is 10. The van der Waals surface area contributed by atoms with Crippen LogP contribution in [0.2, 0.25) is 5.82 Å². The molecule has 12 heteroatoms. The Hall–Kier alpha value is -3.02. The van der Waals surface area contributed by atoms with Crippen LogP contribution in [0.3, 0.4) is 0 Å². The number of alkyl halides is 2. The molecule has 0 aliphatic carbocycles. The Morgan fingerprint density at radius 3 is 2.53 bits per heavy atom. The Bertz CT molecular complexity index is 875. The van der Waals surface area contributed by atoms with E-state index in [0.29, 0.717) is 5.56 Å². The predicted octanol–water partition coefficient (Wildman–Crippen LogP) is 2.09. The molecule has 32 heavy (non-hydrogen) atoms. The maximum atomic E-state index is 13.6. The number of halogens is 2.